The number of hydrogen-bond donors (Lipinski definition) is 2. The average molecular weight is 525 g/mol. The van der Waals surface area contributed by atoms with Gasteiger partial charge in [0.1, 0.15) is 5.52 Å². The molecule has 3 N–H and O–H groups in total. The second-order valence-corrected chi connectivity index (χ2v) is 9.25. The molecule has 2 aromatic carbocycles. The van der Waals surface area contributed by atoms with Gasteiger partial charge in [-0.05, 0) is 78.1 Å². The van der Waals surface area contributed by atoms with E-state index in [1.807, 2.05) is 25.1 Å². The van der Waals surface area contributed by atoms with Crippen LogP contribution in [0.5, 0.6) is 0 Å². The largest absolute Gasteiger partial charge is 0.462 e. The number of amides is 1. The van der Waals surface area contributed by atoms with Gasteiger partial charge in [-0.2, -0.15) is 0 Å². The lowest BCUT2D eigenvalue weighted by Crippen LogP contribution is -2.12. The predicted octanol–water partition coefficient (Wildman–Crippen LogP) is 4.76. The van der Waals surface area contributed by atoms with E-state index in [2.05, 4.69) is 32.9 Å². The van der Waals surface area contributed by atoms with Crippen LogP contribution in [0.25, 0.3) is 10.2 Å². The van der Waals surface area contributed by atoms with Gasteiger partial charge in [-0.1, -0.05) is 0 Å². The van der Waals surface area contributed by atoms with Crippen LogP contribution < -0.4 is 11.1 Å². The van der Waals surface area contributed by atoms with Crippen molar-refractivity contribution in [3.63, 3.8) is 0 Å². The smallest absolute Gasteiger partial charge is 0.340 e. The van der Waals surface area contributed by atoms with Gasteiger partial charge in [-0.25, -0.2) is 14.2 Å². The molecule has 0 unspecified atom stereocenters. The number of anilines is 2. The second-order valence-electron chi connectivity index (χ2n) is 6.97. The van der Waals surface area contributed by atoms with Crippen molar-refractivity contribution in [2.45, 2.75) is 19.8 Å². The fourth-order valence-corrected chi connectivity index (χ4v) is 4.37. The highest BCUT2D eigenvalue weighted by atomic mass is 127. The van der Waals surface area contributed by atoms with E-state index >= 15 is 4.39 Å². The maximum atomic E-state index is 15.4. The summed E-state index contributed by atoms with van der Waals surface area (Å²) in [6, 6.07) is 7.14. The molecule has 1 amide bonds. The lowest BCUT2D eigenvalue weighted by Gasteiger charge is -2.15. The van der Waals surface area contributed by atoms with Gasteiger partial charge in [0, 0.05) is 9.26 Å². The molecule has 1 saturated carbocycles. The monoisotopic (exact) mass is 525 g/mol. The van der Waals surface area contributed by atoms with Gasteiger partial charge in [0.25, 0.3) is 5.91 Å². The Labute approximate surface area is 183 Å². The van der Waals surface area contributed by atoms with E-state index in [1.165, 1.54) is 6.07 Å². The van der Waals surface area contributed by atoms with Crippen molar-refractivity contribution in [1.82, 2.24) is 4.98 Å². The number of carbonyl (C=O) groups excluding carboxylic acids is 2. The molecule has 0 radical (unpaired) electrons. The molecule has 1 fully saturated rings. The van der Waals surface area contributed by atoms with E-state index in [4.69, 9.17) is 10.5 Å². The molecule has 150 valence electrons. The van der Waals surface area contributed by atoms with Crippen molar-refractivity contribution in [3.8, 4) is 0 Å². The topological polar surface area (TPSA) is 94.3 Å². The maximum Gasteiger partial charge on any atom is 0.340 e. The molecule has 1 aliphatic carbocycles. The quantitative estimate of drug-likeness (QED) is 0.358. The summed E-state index contributed by atoms with van der Waals surface area (Å²) in [4.78, 5) is 28.2. The number of benzene rings is 2. The summed E-state index contributed by atoms with van der Waals surface area (Å²) in [6.07, 6.45) is 2.06. The molecule has 0 atom stereocenters. The number of thiazole rings is 1. The van der Waals surface area contributed by atoms with Crippen molar-refractivity contribution >= 4 is 67.4 Å². The summed E-state index contributed by atoms with van der Waals surface area (Å²) < 4.78 is 22.2. The molecule has 0 spiro atoms. The maximum absolute atomic E-state index is 15.4. The standard InChI is InChI=1S/C20H17FIN3O3S/c1-9-6-11(22)4-5-13(9)24-16-12(20(27)28-8-10-2-3-10)7-14-17(15(16)21)25-19(29-14)18(23)26/h4-7,10,24H,2-3,8H2,1H3,(H2,23,26). The highest BCUT2D eigenvalue weighted by molar-refractivity contribution is 14.1. The van der Waals surface area contributed by atoms with Gasteiger partial charge in [-0.3, -0.25) is 4.79 Å². The number of esters is 1. The Morgan fingerprint density at radius 3 is 2.79 bits per heavy atom. The van der Waals surface area contributed by atoms with Crippen molar-refractivity contribution in [2.24, 2.45) is 11.7 Å². The molecule has 3 aromatic rings. The second kappa shape index (κ2) is 7.86. The van der Waals surface area contributed by atoms with Crippen LogP contribution in [0.2, 0.25) is 0 Å². The molecule has 1 aliphatic rings. The highest BCUT2D eigenvalue weighted by Crippen LogP contribution is 2.36. The summed E-state index contributed by atoms with van der Waals surface area (Å²) in [7, 11) is 0. The Morgan fingerprint density at radius 1 is 1.38 bits per heavy atom. The number of ether oxygens (including phenoxy) is 1. The molecule has 0 aliphatic heterocycles. The third kappa shape index (κ3) is 4.20. The summed E-state index contributed by atoms with van der Waals surface area (Å²) in [5.41, 5.74) is 6.87. The van der Waals surface area contributed by atoms with Gasteiger partial charge in [0.2, 0.25) is 0 Å². The molecule has 6 nitrogen and oxygen atoms in total. The zero-order chi connectivity index (χ0) is 20.7. The molecule has 9 heteroatoms. The lowest BCUT2D eigenvalue weighted by atomic mass is 10.1. The van der Waals surface area contributed by atoms with Crippen molar-refractivity contribution in [3.05, 3.63) is 49.8 Å². The number of fused-ring (bicyclic) bond motifs is 1. The first kappa shape index (κ1) is 20.0. The van der Waals surface area contributed by atoms with Crippen LogP contribution in [-0.4, -0.2) is 23.5 Å². The molecule has 29 heavy (non-hydrogen) atoms. The van der Waals surface area contributed by atoms with E-state index in [9.17, 15) is 9.59 Å². The number of halogens is 2. The molecule has 0 saturated heterocycles. The number of nitrogens with two attached hydrogens (primary N) is 1. The summed E-state index contributed by atoms with van der Waals surface area (Å²) in [5, 5.41) is 3.01. The number of nitrogens with zero attached hydrogens (tertiary/aromatic N) is 1. The van der Waals surface area contributed by atoms with Gasteiger partial charge >= 0.3 is 5.97 Å². The Hall–Kier alpha value is -2.27. The number of carbonyl (C=O) groups is 2. The zero-order valence-corrected chi connectivity index (χ0v) is 18.4. The molecule has 0 bridgehead atoms. The molecular weight excluding hydrogens is 508 g/mol. The van der Waals surface area contributed by atoms with Crippen LogP contribution in [0.4, 0.5) is 15.8 Å². The third-order valence-corrected chi connectivity index (χ3v) is 6.34. The average Bonchev–Trinajstić information content (AvgIpc) is 3.40. The number of aryl methyl sites for hydroxylation is 1. The SMILES string of the molecule is Cc1cc(I)ccc1Nc1c(C(=O)OCC2CC2)cc2sc(C(N)=O)nc2c1F. The van der Waals surface area contributed by atoms with Crippen molar-refractivity contribution in [2.75, 3.05) is 11.9 Å². The van der Waals surface area contributed by atoms with Crippen LogP contribution >= 0.6 is 33.9 Å². The predicted molar refractivity (Wildman–Crippen MR) is 118 cm³/mol. The number of aromatic nitrogens is 1. The Morgan fingerprint density at radius 2 is 2.14 bits per heavy atom. The number of primary amides is 1. The van der Waals surface area contributed by atoms with E-state index in [0.29, 0.717) is 22.9 Å². The fraction of sp³-hybridized carbons (Fsp3) is 0.250. The van der Waals surface area contributed by atoms with Crippen LogP contribution in [-0.2, 0) is 4.74 Å². The Bertz CT molecular complexity index is 1140. The third-order valence-electron chi connectivity index (χ3n) is 4.65. The lowest BCUT2D eigenvalue weighted by molar-refractivity contribution is 0.0487. The summed E-state index contributed by atoms with van der Waals surface area (Å²) in [6.45, 7) is 2.20. The van der Waals surface area contributed by atoms with Crippen LogP contribution in [0.1, 0.15) is 38.6 Å². The molecule has 4 rings (SSSR count). The molecule has 1 aromatic heterocycles. The minimum Gasteiger partial charge on any atom is -0.462 e. The first-order valence-corrected chi connectivity index (χ1v) is 10.9. The van der Waals surface area contributed by atoms with E-state index in [1.54, 1.807) is 0 Å². The number of hydrogen-bond acceptors (Lipinski definition) is 6. The minimum atomic E-state index is -0.744. The van der Waals surface area contributed by atoms with Crippen LogP contribution in [0.3, 0.4) is 0 Å². The fourth-order valence-electron chi connectivity index (χ4n) is 2.87. The van der Waals surface area contributed by atoms with Gasteiger partial charge in [-0.15, -0.1) is 11.3 Å². The normalized spacial score (nSPS) is 13.5. The van der Waals surface area contributed by atoms with Gasteiger partial charge in [0.05, 0.1) is 22.6 Å². The minimum absolute atomic E-state index is 0.00629. The Kier molecular flexibility index (Phi) is 5.43. The summed E-state index contributed by atoms with van der Waals surface area (Å²) in [5.74, 6) is -1.70. The zero-order valence-electron chi connectivity index (χ0n) is 15.4. The van der Waals surface area contributed by atoms with Crippen molar-refractivity contribution < 1.29 is 18.7 Å². The first-order valence-electron chi connectivity index (χ1n) is 8.96. The van der Waals surface area contributed by atoms with Gasteiger partial charge in [0.15, 0.2) is 10.8 Å². The van der Waals surface area contributed by atoms with Crippen molar-refractivity contribution in [1.29, 1.82) is 0 Å². The van der Waals surface area contributed by atoms with E-state index in [-0.39, 0.29) is 21.8 Å². The Balaban J connectivity index is 1.81. The van der Waals surface area contributed by atoms with E-state index < -0.39 is 17.7 Å². The molecule has 1 heterocycles. The van der Waals surface area contributed by atoms with E-state index in [0.717, 1.165) is 33.3 Å². The summed E-state index contributed by atoms with van der Waals surface area (Å²) >= 11 is 3.14. The molecular formula is C20H17FIN3O3S. The number of nitrogens with one attached hydrogen (secondary N) is 1. The van der Waals surface area contributed by atoms with Crippen LogP contribution in [0.15, 0.2) is 24.3 Å². The van der Waals surface area contributed by atoms with Crippen LogP contribution in [0, 0.1) is 22.2 Å². The highest BCUT2D eigenvalue weighted by Gasteiger charge is 2.27. The number of rotatable bonds is 6. The first-order chi connectivity index (χ1) is 13.8. The van der Waals surface area contributed by atoms with Gasteiger partial charge < -0.3 is 15.8 Å².